The lowest BCUT2D eigenvalue weighted by atomic mass is 9.88. The van der Waals surface area contributed by atoms with Gasteiger partial charge in [-0.3, -0.25) is 24.4 Å². The highest BCUT2D eigenvalue weighted by Crippen LogP contribution is 2.20. The van der Waals surface area contributed by atoms with Crippen molar-refractivity contribution in [1.29, 1.82) is 0 Å². The maximum Gasteiger partial charge on any atom is 0.408 e. The second-order valence-electron chi connectivity index (χ2n) is 12.2. The van der Waals surface area contributed by atoms with Gasteiger partial charge in [0.25, 0.3) is 0 Å². The fraction of sp³-hybridized carbons (Fsp3) is 0.486. The average molecular weight is 635 g/mol. The molecule has 0 aliphatic heterocycles. The maximum absolute atomic E-state index is 13.6. The van der Waals surface area contributed by atoms with Gasteiger partial charge < -0.3 is 26.8 Å². The first-order valence-corrected chi connectivity index (χ1v) is 15.9. The fourth-order valence-corrected chi connectivity index (χ4v) is 4.88. The van der Waals surface area contributed by atoms with Gasteiger partial charge in [-0.1, -0.05) is 64.1 Å². The monoisotopic (exact) mass is 634 g/mol. The number of ketones is 2. The van der Waals surface area contributed by atoms with Crippen LogP contribution in [0.3, 0.4) is 0 Å². The molecular weight excluding hydrogens is 584 g/mol. The molecule has 0 aliphatic rings. The van der Waals surface area contributed by atoms with Crippen molar-refractivity contribution in [1.82, 2.24) is 15.6 Å². The van der Waals surface area contributed by atoms with Crippen LogP contribution in [0.5, 0.6) is 0 Å². The molecule has 250 valence electrons. The molecule has 2 aromatic rings. The summed E-state index contributed by atoms with van der Waals surface area (Å²) in [5.74, 6) is -1.02. The lowest BCUT2D eigenvalue weighted by Gasteiger charge is -2.27. The molecule has 6 N–H and O–H groups in total. The number of nitrogens with two attached hydrogens (primary N) is 2. The molecule has 0 aliphatic carbocycles. The molecule has 3 atom stereocenters. The van der Waals surface area contributed by atoms with Crippen molar-refractivity contribution >= 4 is 35.6 Å². The van der Waals surface area contributed by atoms with Crippen LogP contribution in [0.15, 0.2) is 65.9 Å². The van der Waals surface area contributed by atoms with Crippen LogP contribution in [0.25, 0.3) is 6.08 Å². The van der Waals surface area contributed by atoms with Crippen LogP contribution < -0.4 is 22.1 Å². The number of allylic oxidation sites excluding steroid dienone is 1. The second kappa shape index (κ2) is 20.5. The summed E-state index contributed by atoms with van der Waals surface area (Å²) in [4.78, 5) is 60.4. The number of amides is 2. The number of alkyl carbamates (subject to hydrolysis) is 1. The zero-order valence-electron chi connectivity index (χ0n) is 27.5. The van der Waals surface area contributed by atoms with Crippen molar-refractivity contribution in [3.05, 3.63) is 72.1 Å². The van der Waals surface area contributed by atoms with Crippen LogP contribution in [-0.2, 0) is 25.7 Å². The van der Waals surface area contributed by atoms with Crippen molar-refractivity contribution < 1.29 is 23.9 Å². The minimum absolute atomic E-state index is 0.0422. The van der Waals surface area contributed by atoms with E-state index in [-0.39, 0.29) is 73.7 Å². The highest BCUT2D eigenvalue weighted by Gasteiger charge is 2.30. The summed E-state index contributed by atoms with van der Waals surface area (Å²) < 4.78 is 5.35. The number of guanidine groups is 1. The second-order valence-corrected chi connectivity index (χ2v) is 12.2. The summed E-state index contributed by atoms with van der Waals surface area (Å²) in [7, 11) is 0. The van der Waals surface area contributed by atoms with Gasteiger partial charge in [-0.25, -0.2) is 4.79 Å². The Morgan fingerprint density at radius 3 is 2.28 bits per heavy atom. The van der Waals surface area contributed by atoms with Crippen molar-refractivity contribution in [2.24, 2.45) is 34.2 Å². The molecule has 1 heterocycles. The lowest BCUT2D eigenvalue weighted by Crippen LogP contribution is -2.45. The van der Waals surface area contributed by atoms with Crippen LogP contribution in [0.2, 0.25) is 0 Å². The van der Waals surface area contributed by atoms with Gasteiger partial charge in [0.2, 0.25) is 5.91 Å². The zero-order valence-corrected chi connectivity index (χ0v) is 27.5. The largest absolute Gasteiger partial charge is 0.445 e. The third-order valence-electron chi connectivity index (χ3n) is 7.41. The summed E-state index contributed by atoms with van der Waals surface area (Å²) in [5, 5.41) is 5.79. The molecule has 46 heavy (non-hydrogen) atoms. The molecule has 3 unspecified atom stereocenters. The number of benzene rings is 1. The van der Waals surface area contributed by atoms with E-state index >= 15 is 0 Å². The SMILES string of the molecule is CC(C)CC(CC(=O)C(CCCN=C(N)N)NC(=O)OCc1ccccc1)C(=O)NC(CCC(=O)/C=C/c1ccncc1)C(C)C. The van der Waals surface area contributed by atoms with Crippen LogP contribution in [0.4, 0.5) is 4.79 Å². The Labute approximate surface area is 272 Å². The first-order valence-electron chi connectivity index (χ1n) is 15.9. The predicted molar refractivity (Wildman–Crippen MR) is 180 cm³/mol. The molecule has 11 nitrogen and oxygen atoms in total. The number of carbonyl (C=O) groups is 4. The first kappa shape index (κ1) is 37.6. The van der Waals surface area contributed by atoms with Gasteiger partial charge in [-0.05, 0) is 66.9 Å². The normalized spacial score (nSPS) is 13.2. The first-order chi connectivity index (χ1) is 21.9. The van der Waals surface area contributed by atoms with Gasteiger partial charge >= 0.3 is 6.09 Å². The molecule has 11 heteroatoms. The molecular formula is C35H50N6O5. The smallest absolute Gasteiger partial charge is 0.408 e. The highest BCUT2D eigenvalue weighted by atomic mass is 16.5. The van der Waals surface area contributed by atoms with Gasteiger partial charge in [-0.2, -0.15) is 0 Å². The molecule has 0 spiro atoms. The Morgan fingerprint density at radius 1 is 0.957 bits per heavy atom. The van der Waals surface area contributed by atoms with Gasteiger partial charge in [0.15, 0.2) is 17.5 Å². The Bertz CT molecular complexity index is 1290. The summed E-state index contributed by atoms with van der Waals surface area (Å²) >= 11 is 0. The van der Waals surface area contributed by atoms with E-state index in [9.17, 15) is 19.2 Å². The number of nitrogens with one attached hydrogen (secondary N) is 2. The Kier molecular flexibility index (Phi) is 16.8. The van der Waals surface area contributed by atoms with Crippen molar-refractivity contribution in [2.75, 3.05) is 6.54 Å². The Morgan fingerprint density at radius 2 is 1.65 bits per heavy atom. The fourth-order valence-electron chi connectivity index (χ4n) is 4.88. The molecule has 0 saturated heterocycles. The molecule has 1 aromatic carbocycles. The van der Waals surface area contributed by atoms with Crippen LogP contribution >= 0.6 is 0 Å². The highest BCUT2D eigenvalue weighted by molar-refractivity contribution is 5.94. The summed E-state index contributed by atoms with van der Waals surface area (Å²) in [6.07, 6.45) is 7.75. The topological polar surface area (TPSA) is 179 Å². The third-order valence-corrected chi connectivity index (χ3v) is 7.41. The van der Waals surface area contributed by atoms with Gasteiger partial charge in [0.05, 0.1) is 6.04 Å². The molecule has 2 amide bonds. The molecule has 0 radical (unpaired) electrons. The number of nitrogens with zero attached hydrogens (tertiary/aromatic N) is 2. The third kappa shape index (κ3) is 15.5. The van der Waals surface area contributed by atoms with Crippen molar-refractivity contribution in [3.63, 3.8) is 0 Å². The molecule has 2 rings (SSSR count). The van der Waals surface area contributed by atoms with Crippen LogP contribution in [0, 0.1) is 17.8 Å². The van der Waals surface area contributed by atoms with E-state index in [0.29, 0.717) is 19.3 Å². The quantitative estimate of drug-likeness (QED) is 0.0709. The minimum Gasteiger partial charge on any atom is -0.445 e. The van der Waals surface area contributed by atoms with E-state index in [0.717, 1.165) is 11.1 Å². The van der Waals surface area contributed by atoms with Crippen LogP contribution in [0.1, 0.15) is 77.3 Å². The number of pyridine rings is 1. The molecule has 0 saturated carbocycles. The van der Waals surface area contributed by atoms with Gasteiger partial charge in [0, 0.05) is 43.7 Å². The summed E-state index contributed by atoms with van der Waals surface area (Å²) in [5.41, 5.74) is 12.6. The summed E-state index contributed by atoms with van der Waals surface area (Å²) in [6.45, 7) is 8.30. The van der Waals surface area contributed by atoms with Crippen molar-refractivity contribution in [2.45, 2.75) is 84.9 Å². The standard InChI is InChI=1S/C35H50N6O5/c1-24(2)21-28(33(44)40-30(25(3)4)15-14-29(42)13-12-26-16-19-38-20-17-26)22-32(43)31(11-8-18-39-34(36)37)41-35(45)46-23-27-9-6-5-7-10-27/h5-7,9-10,12-13,16-17,19-20,24-25,28,30-31H,8,11,14-15,18,21-23H2,1-4H3,(H,40,44)(H,41,45)(H4,36,37,39)/b13-12+. The minimum atomic E-state index is -0.884. The number of Topliss-reactive ketones (excluding diaryl/α,β-unsaturated/α-hetero) is 1. The number of carbonyl (C=O) groups excluding carboxylic acids is 4. The molecule has 0 bridgehead atoms. The van der Waals surface area contributed by atoms with E-state index in [1.165, 1.54) is 0 Å². The summed E-state index contributed by atoms with van der Waals surface area (Å²) in [6, 6.07) is 11.7. The van der Waals surface area contributed by atoms with E-state index in [1.54, 1.807) is 24.5 Å². The predicted octanol–water partition coefficient (Wildman–Crippen LogP) is 4.56. The number of aliphatic imine (C=N–C) groups is 1. The maximum atomic E-state index is 13.6. The zero-order chi connectivity index (χ0) is 33.9. The molecule has 0 fully saturated rings. The van der Waals surface area contributed by atoms with E-state index in [1.807, 2.05) is 70.2 Å². The van der Waals surface area contributed by atoms with E-state index < -0.39 is 18.1 Å². The average Bonchev–Trinajstić information content (AvgIpc) is 3.02. The number of ether oxygens (including phenoxy) is 1. The number of hydrogen-bond donors (Lipinski definition) is 4. The number of rotatable bonds is 20. The van der Waals surface area contributed by atoms with Crippen LogP contribution in [-0.4, -0.2) is 53.1 Å². The van der Waals surface area contributed by atoms with E-state index in [2.05, 4.69) is 20.6 Å². The Hall–Kier alpha value is -4.54. The Balaban J connectivity index is 2.06. The lowest BCUT2D eigenvalue weighted by molar-refractivity contribution is -0.131. The number of hydrogen-bond acceptors (Lipinski definition) is 7. The van der Waals surface area contributed by atoms with E-state index in [4.69, 9.17) is 16.2 Å². The number of aromatic nitrogens is 1. The van der Waals surface area contributed by atoms with Gasteiger partial charge in [-0.15, -0.1) is 0 Å². The van der Waals surface area contributed by atoms with Gasteiger partial charge in [0.1, 0.15) is 6.61 Å². The van der Waals surface area contributed by atoms with Crippen molar-refractivity contribution in [3.8, 4) is 0 Å². The molecule has 1 aromatic heterocycles.